The van der Waals surface area contributed by atoms with Crippen LogP contribution in [0.1, 0.15) is 34.6 Å². The maximum absolute atomic E-state index is 13.1. The highest BCUT2D eigenvalue weighted by Gasteiger charge is 2.62. The van der Waals surface area contributed by atoms with Gasteiger partial charge in [-0.15, -0.1) is 0 Å². The van der Waals surface area contributed by atoms with E-state index in [9.17, 15) is 182 Å². The molecule has 36 N–H and O–H groups in total. The van der Waals surface area contributed by atoms with Crippen molar-refractivity contribution in [2.75, 3.05) is 85.9 Å². The minimum atomic E-state index is -2.45. The molecule has 0 unspecified atom stereocenters. The number of rotatable bonds is 42. The molecule has 11 fully saturated rings. The third kappa shape index (κ3) is 27.3. The summed E-state index contributed by atoms with van der Waals surface area (Å²) in [5.41, 5.74) is 0. The first-order valence-electron chi connectivity index (χ1n) is 45.9. The SMILES string of the molecule is CC(=O)N[C@H]1[C@H](OC[C@H]2O[C@@H](O[C@H]3[C@H](O)[C@@H](NC(C)=O)[C@H](O[C@H]4[C@@H](O)[C@@H](CO)O[C@@H](O[C@H]5[C@H](O)[C@@H](O)[C@H](OC[C@@H](CO)NC=O)O[C@@H]5CO)[C@@H]4O)O[C@@H]3CO)[C@H](O)[C@@H](O)[C@H]2O)O[C@H](CO)[C@@H](O[C@@H]2O[C@H](CO[C@@H]3O[C@H](CO)[C@@H](O[C@@H]4O[C@H](CO[C@@H]5O[C@H](CO)[C@@H](O)[C@H](O)[C@H]5NC(C)=O)[C@H](O)[C@H](O[C@@H]5O[C@H](CO)[C@@H](O[C@@H]6O[C@H](CO)[C@H](O)[C@H](O)[C@H]6O)[C@H](O)[C@H]5NC(C)=O)[C@H]4O)[C@H](O)[C@H]3NC(C)=O)[C@H](O)[C@H](O)[C@H]2O)[C@@H]1O. The summed E-state index contributed by atoms with van der Waals surface area (Å²) in [5.74, 6) is -4.60. The van der Waals surface area contributed by atoms with Gasteiger partial charge in [0, 0.05) is 34.6 Å². The maximum atomic E-state index is 13.1. The number of aliphatic hydroxyl groups is 30. The molecule has 11 heterocycles. The Morgan fingerprint density at radius 1 is 0.229 bits per heavy atom. The molecule has 0 aromatic heterocycles. The molecular formula is C80H134N6O58. The van der Waals surface area contributed by atoms with Crippen LogP contribution in [0.25, 0.3) is 0 Å². The Kier molecular flexibility index (Phi) is 44.1. The largest absolute Gasteiger partial charge is 0.394 e. The second-order valence-electron chi connectivity index (χ2n) is 36.1. The normalized spacial score (nSPS) is 47.3. The number of carbonyl (C=O) groups is 6. The number of hydrogen-bond donors (Lipinski definition) is 36. The zero-order valence-corrected chi connectivity index (χ0v) is 77.4. The average molecular weight is 2110 g/mol. The van der Waals surface area contributed by atoms with E-state index in [1.807, 2.05) is 0 Å². The monoisotopic (exact) mass is 2110 g/mol. The van der Waals surface area contributed by atoms with Gasteiger partial charge in [0.05, 0.1) is 91.9 Å². The summed E-state index contributed by atoms with van der Waals surface area (Å²) in [7, 11) is 0. The Morgan fingerprint density at radius 3 is 0.743 bits per heavy atom. The predicted octanol–water partition coefficient (Wildman–Crippen LogP) is -25.1. The Labute approximate surface area is 815 Å². The smallest absolute Gasteiger partial charge is 0.217 e. The molecule has 832 valence electrons. The lowest BCUT2D eigenvalue weighted by Crippen LogP contribution is -2.70. The van der Waals surface area contributed by atoms with Crippen molar-refractivity contribution in [3.05, 3.63) is 0 Å². The Balaban J connectivity index is 0.755. The van der Waals surface area contributed by atoms with Crippen LogP contribution in [0, 0.1) is 0 Å². The van der Waals surface area contributed by atoms with Crippen LogP contribution in [0.5, 0.6) is 0 Å². The molecule has 11 saturated heterocycles. The number of aliphatic hydroxyl groups excluding tert-OH is 30. The quantitative estimate of drug-likeness (QED) is 0.0252. The van der Waals surface area contributed by atoms with E-state index < -0.39 is 459 Å². The molecular weight excluding hydrogens is 1970 g/mol. The van der Waals surface area contributed by atoms with Crippen LogP contribution in [-0.2, 0) is 133 Å². The van der Waals surface area contributed by atoms with E-state index in [0.29, 0.717) is 0 Å². The topological polar surface area (TPSA) is 985 Å². The van der Waals surface area contributed by atoms with Crippen LogP contribution in [0.4, 0.5) is 0 Å². The van der Waals surface area contributed by atoms with Crippen LogP contribution < -0.4 is 31.9 Å². The first-order chi connectivity index (χ1) is 68.3. The van der Waals surface area contributed by atoms with E-state index in [2.05, 4.69) is 31.9 Å². The third-order valence-electron chi connectivity index (χ3n) is 25.9. The molecule has 0 aromatic rings. The van der Waals surface area contributed by atoms with Crippen LogP contribution in [-0.4, -0.2) is 619 Å². The van der Waals surface area contributed by atoms with Crippen molar-refractivity contribution in [3.8, 4) is 0 Å². The van der Waals surface area contributed by atoms with Gasteiger partial charge in [0.15, 0.2) is 69.2 Å². The Hall–Kier alpha value is -5.26. The lowest BCUT2D eigenvalue weighted by atomic mass is 9.94. The molecule has 0 bridgehead atoms. The van der Waals surface area contributed by atoms with E-state index in [1.165, 1.54) is 0 Å². The fraction of sp³-hybridized carbons (Fsp3) is 0.925. The molecule has 64 nitrogen and oxygen atoms in total. The van der Waals surface area contributed by atoms with Gasteiger partial charge in [0.2, 0.25) is 35.9 Å². The molecule has 144 heavy (non-hydrogen) atoms. The standard InChI is InChI=1S/C80H134N6O58/c1-20(97)82-37-48(108)42(102)26(7-88)127-70(37)126-18-36-47(107)69(144-74-41(86-24(5)101)51(111)65(31(12-93)133-74)138-76-57(117)53(113)43(103)27(8-89)128-76)62(122)80(137-36)141-64-30(11-92)131-72(39(50(64)110)84-22(3)99)125-16-34-44(104)54(114)58(118)77(135-34)139-63-29(10-91)130-71(38(49(63)109)83-21(2)98)124-17-35-45(105)55(115)59(119)78(136-35)140-66-32(13-94)132-73(40(52(66)112)85-23(4)100)143-68-46(106)28(9-90)129-79(61(68)121)142-67-33(14-95)134-75(60(120)56(67)116)123-15-25(6-87)81-19-96/h19,25-80,87-95,102-122H,6-18H2,1-5H3,(H,81,96)(H,82,97)(H,83,98)(H,84,99)(H,85,100)(H,86,101)/t25-,26-,27-,28-,29-,30-,31-,32-,33-,34-,35-,36-,37-,38-,39-,40-,41-,42-,43+,44+,45+,46+,47+,48-,49-,50-,51-,52-,53+,54+,55+,56-,57-,58-,59-,60-,61-,62-,63-,64-,65-,66-,67-,68+,69+,70-,71-,72-,73+,74+,75-,76+,77+,78+,79+,80+/m1/s1. The molecule has 6 amide bonds. The number of amides is 6. The molecule has 0 radical (unpaired) electrons. The van der Waals surface area contributed by atoms with Gasteiger partial charge in [-0.2, -0.15) is 0 Å². The molecule has 11 rings (SSSR count). The number of nitrogens with one attached hydrogen (secondary N) is 6. The molecule has 56 atom stereocenters. The van der Waals surface area contributed by atoms with Gasteiger partial charge in [-0.3, -0.25) is 28.8 Å². The van der Waals surface area contributed by atoms with Crippen molar-refractivity contribution in [2.45, 2.75) is 378 Å². The van der Waals surface area contributed by atoms with Gasteiger partial charge in [-0.1, -0.05) is 0 Å². The lowest BCUT2D eigenvalue weighted by molar-refractivity contribution is -0.383. The van der Waals surface area contributed by atoms with Crippen molar-refractivity contribution in [1.82, 2.24) is 31.9 Å². The molecule has 11 aliphatic heterocycles. The van der Waals surface area contributed by atoms with E-state index in [-0.39, 0.29) is 6.41 Å². The van der Waals surface area contributed by atoms with Gasteiger partial charge in [-0.05, 0) is 0 Å². The fourth-order valence-electron chi connectivity index (χ4n) is 18.2. The summed E-state index contributed by atoms with van der Waals surface area (Å²) < 4.78 is 129. The third-order valence-corrected chi connectivity index (χ3v) is 25.9. The van der Waals surface area contributed by atoms with E-state index in [1.54, 1.807) is 0 Å². The van der Waals surface area contributed by atoms with Crippen molar-refractivity contribution in [3.63, 3.8) is 0 Å². The van der Waals surface area contributed by atoms with E-state index in [0.717, 1.165) is 34.6 Å². The zero-order valence-electron chi connectivity index (χ0n) is 77.4. The van der Waals surface area contributed by atoms with Crippen LogP contribution >= 0.6 is 0 Å². The Bertz CT molecular complexity index is 3980. The first-order valence-corrected chi connectivity index (χ1v) is 45.9. The van der Waals surface area contributed by atoms with Crippen molar-refractivity contribution in [1.29, 1.82) is 0 Å². The van der Waals surface area contributed by atoms with Crippen molar-refractivity contribution >= 4 is 35.9 Å². The van der Waals surface area contributed by atoms with Crippen LogP contribution in [0.15, 0.2) is 0 Å². The van der Waals surface area contributed by atoms with Gasteiger partial charge in [0.1, 0.15) is 268 Å². The highest BCUT2D eigenvalue weighted by molar-refractivity contribution is 5.75. The molecule has 0 aromatic carbocycles. The van der Waals surface area contributed by atoms with Crippen molar-refractivity contribution in [2.24, 2.45) is 0 Å². The first kappa shape index (κ1) is 119. The van der Waals surface area contributed by atoms with Gasteiger partial charge >= 0.3 is 0 Å². The number of carbonyl (C=O) groups excluding carboxylic acids is 6. The highest BCUT2D eigenvalue weighted by Crippen LogP contribution is 2.41. The average Bonchev–Trinajstić information content (AvgIpc) is 0.757. The fourth-order valence-corrected chi connectivity index (χ4v) is 18.2. The lowest BCUT2D eigenvalue weighted by Gasteiger charge is -2.50. The van der Waals surface area contributed by atoms with Crippen LogP contribution in [0.2, 0.25) is 0 Å². The molecule has 0 spiro atoms. The van der Waals surface area contributed by atoms with E-state index in [4.69, 9.17) is 104 Å². The minimum absolute atomic E-state index is 0.249. The van der Waals surface area contributed by atoms with Gasteiger partial charge < -0.3 is 289 Å². The predicted molar refractivity (Wildman–Crippen MR) is 444 cm³/mol. The minimum Gasteiger partial charge on any atom is -0.394 e. The molecule has 0 saturated carbocycles. The summed E-state index contributed by atoms with van der Waals surface area (Å²) in [6.45, 7) is -8.05. The summed E-state index contributed by atoms with van der Waals surface area (Å²) in [6.07, 6.45) is -102. The second-order valence-corrected chi connectivity index (χ2v) is 36.1. The molecule has 0 aliphatic carbocycles. The van der Waals surface area contributed by atoms with Crippen LogP contribution in [0.3, 0.4) is 0 Å². The summed E-state index contributed by atoms with van der Waals surface area (Å²) in [5, 5.41) is 349. The second kappa shape index (κ2) is 53.3. The highest BCUT2D eigenvalue weighted by atomic mass is 16.8. The summed E-state index contributed by atoms with van der Waals surface area (Å²) in [6, 6.07) is -10.3. The van der Waals surface area contributed by atoms with E-state index >= 15 is 0 Å². The summed E-state index contributed by atoms with van der Waals surface area (Å²) in [4.78, 5) is 75.4. The van der Waals surface area contributed by atoms with Gasteiger partial charge in [-0.25, -0.2) is 0 Å². The Morgan fingerprint density at radius 2 is 0.444 bits per heavy atom. The molecule has 64 heteroatoms. The van der Waals surface area contributed by atoms with Crippen molar-refractivity contribution < 1.29 is 286 Å². The number of hydrogen-bond acceptors (Lipinski definition) is 58. The van der Waals surface area contributed by atoms with Gasteiger partial charge in [0.25, 0.3) is 0 Å². The number of ether oxygens (including phenoxy) is 22. The molecule has 11 aliphatic rings. The summed E-state index contributed by atoms with van der Waals surface area (Å²) >= 11 is 0. The zero-order chi connectivity index (χ0) is 106. The maximum Gasteiger partial charge on any atom is 0.217 e.